The van der Waals surface area contributed by atoms with E-state index in [1.807, 2.05) is 26.0 Å². The SMILES string of the molecule is CC/C=C(O)\C=C(/CC)c1ccc(CC2CN(C)C(=O)N2c2ccc(F)cc2)c(O)c1. The van der Waals surface area contributed by atoms with Crippen LogP contribution in [0.15, 0.2) is 60.4 Å². The Balaban J connectivity index is 1.85. The molecule has 1 saturated heterocycles. The molecule has 0 spiro atoms. The number of phenolic OH excluding ortho intramolecular Hbond substituents is 1. The zero-order valence-electron chi connectivity index (χ0n) is 18.2. The Bertz CT molecular complexity index is 998. The summed E-state index contributed by atoms with van der Waals surface area (Å²) in [5.41, 5.74) is 3.13. The molecular weight excluding hydrogens is 395 g/mol. The van der Waals surface area contributed by atoms with Gasteiger partial charge in [-0.15, -0.1) is 0 Å². The first-order valence-corrected chi connectivity index (χ1v) is 10.6. The van der Waals surface area contributed by atoms with Crippen molar-refractivity contribution in [1.82, 2.24) is 4.90 Å². The smallest absolute Gasteiger partial charge is 0.324 e. The first-order valence-electron chi connectivity index (χ1n) is 10.6. The third kappa shape index (κ3) is 5.08. The van der Waals surface area contributed by atoms with Crippen LogP contribution in [0.5, 0.6) is 5.75 Å². The topological polar surface area (TPSA) is 64.0 Å². The second-order valence-electron chi connectivity index (χ2n) is 7.77. The van der Waals surface area contributed by atoms with Crippen molar-refractivity contribution < 1.29 is 19.4 Å². The van der Waals surface area contributed by atoms with Crippen molar-refractivity contribution in [3.05, 3.63) is 77.3 Å². The highest BCUT2D eigenvalue weighted by Gasteiger charge is 2.36. The van der Waals surface area contributed by atoms with Gasteiger partial charge in [0, 0.05) is 19.3 Å². The summed E-state index contributed by atoms with van der Waals surface area (Å²) < 4.78 is 13.3. The van der Waals surface area contributed by atoms with Gasteiger partial charge in [0.1, 0.15) is 17.3 Å². The van der Waals surface area contributed by atoms with E-state index in [2.05, 4.69) is 0 Å². The number of hydrogen-bond acceptors (Lipinski definition) is 3. The van der Waals surface area contributed by atoms with Crippen molar-refractivity contribution in [3.8, 4) is 5.75 Å². The Kier molecular flexibility index (Phi) is 7.00. The van der Waals surface area contributed by atoms with Gasteiger partial charge >= 0.3 is 6.03 Å². The van der Waals surface area contributed by atoms with E-state index in [0.29, 0.717) is 25.1 Å². The Morgan fingerprint density at radius 3 is 2.52 bits per heavy atom. The molecule has 1 heterocycles. The molecule has 2 aromatic rings. The minimum absolute atomic E-state index is 0.150. The summed E-state index contributed by atoms with van der Waals surface area (Å²) in [5, 5.41) is 20.7. The molecule has 1 unspecified atom stereocenters. The van der Waals surface area contributed by atoms with Gasteiger partial charge in [-0.3, -0.25) is 4.90 Å². The van der Waals surface area contributed by atoms with E-state index < -0.39 is 0 Å². The van der Waals surface area contributed by atoms with Crippen molar-refractivity contribution in [2.45, 2.75) is 39.2 Å². The first-order chi connectivity index (χ1) is 14.8. The van der Waals surface area contributed by atoms with Gasteiger partial charge in [-0.25, -0.2) is 9.18 Å². The number of aliphatic hydroxyl groups is 1. The van der Waals surface area contributed by atoms with Gasteiger partial charge in [-0.1, -0.05) is 26.0 Å². The van der Waals surface area contributed by atoms with Crippen LogP contribution in [0.1, 0.15) is 37.8 Å². The molecular formula is C25H29FN2O3. The molecule has 2 amide bonds. The normalized spacial score (nSPS) is 17.5. The molecule has 164 valence electrons. The molecule has 2 aromatic carbocycles. The monoisotopic (exact) mass is 424 g/mol. The third-order valence-electron chi connectivity index (χ3n) is 5.52. The number of hydrogen-bond donors (Lipinski definition) is 2. The van der Waals surface area contributed by atoms with Gasteiger partial charge in [-0.05, 0) is 78.4 Å². The van der Waals surface area contributed by atoms with Crippen LogP contribution in [0, 0.1) is 5.82 Å². The summed E-state index contributed by atoms with van der Waals surface area (Å²) in [6.45, 7) is 4.46. The van der Waals surface area contributed by atoms with Crippen molar-refractivity contribution in [3.63, 3.8) is 0 Å². The van der Waals surface area contributed by atoms with Gasteiger partial charge in [0.25, 0.3) is 0 Å². The molecule has 3 rings (SSSR count). The van der Waals surface area contributed by atoms with Crippen LogP contribution in [0.3, 0.4) is 0 Å². The number of amides is 2. The molecule has 1 fully saturated rings. The van der Waals surface area contributed by atoms with E-state index in [4.69, 9.17) is 0 Å². The highest BCUT2D eigenvalue weighted by molar-refractivity contribution is 5.94. The van der Waals surface area contributed by atoms with Gasteiger partial charge in [0.2, 0.25) is 0 Å². The zero-order chi connectivity index (χ0) is 22.5. The molecule has 0 aliphatic carbocycles. The minimum atomic E-state index is -0.354. The highest BCUT2D eigenvalue weighted by Crippen LogP contribution is 2.31. The van der Waals surface area contributed by atoms with Gasteiger partial charge in [0.15, 0.2) is 0 Å². The molecule has 31 heavy (non-hydrogen) atoms. The standard InChI is InChI=1S/C25H29FN2O3/c1-4-6-23(29)14-17(5-2)18-7-8-19(24(30)15-18)13-22-16-27(3)25(31)28(22)21-11-9-20(26)10-12-21/h6-12,14-15,22,29-30H,4-5,13,16H2,1-3H3/b17-14+,23-6+. The highest BCUT2D eigenvalue weighted by atomic mass is 19.1. The fourth-order valence-electron chi connectivity index (χ4n) is 3.92. The summed E-state index contributed by atoms with van der Waals surface area (Å²) in [5.74, 6) is 0.00960. The molecule has 5 nitrogen and oxygen atoms in total. The van der Waals surface area contributed by atoms with Crippen LogP contribution >= 0.6 is 0 Å². The van der Waals surface area contributed by atoms with Crippen LogP contribution in [0.25, 0.3) is 5.57 Å². The van der Waals surface area contributed by atoms with Crippen LogP contribution in [-0.4, -0.2) is 40.8 Å². The molecule has 0 bridgehead atoms. The van der Waals surface area contributed by atoms with Crippen LogP contribution in [0.4, 0.5) is 14.9 Å². The lowest BCUT2D eigenvalue weighted by atomic mass is 9.97. The predicted octanol–water partition coefficient (Wildman–Crippen LogP) is 5.66. The fraction of sp³-hybridized carbons (Fsp3) is 0.320. The number of likely N-dealkylation sites (N-methyl/N-ethyl adjacent to an activating group) is 1. The Hall–Kier alpha value is -3.28. The van der Waals surface area contributed by atoms with Crippen molar-refractivity contribution in [2.75, 3.05) is 18.5 Å². The van der Waals surface area contributed by atoms with E-state index in [1.165, 1.54) is 12.1 Å². The Morgan fingerprint density at radius 1 is 1.19 bits per heavy atom. The third-order valence-corrected chi connectivity index (χ3v) is 5.52. The molecule has 1 aliphatic heterocycles. The number of allylic oxidation sites excluding steroid dienone is 3. The average molecular weight is 425 g/mol. The van der Waals surface area contributed by atoms with Crippen molar-refractivity contribution in [1.29, 1.82) is 0 Å². The average Bonchev–Trinajstić information content (AvgIpc) is 3.02. The summed E-state index contributed by atoms with van der Waals surface area (Å²) in [6, 6.07) is 11.0. The van der Waals surface area contributed by atoms with Gasteiger partial charge < -0.3 is 15.1 Å². The number of aliphatic hydroxyl groups excluding tert-OH is 1. The zero-order valence-corrected chi connectivity index (χ0v) is 18.2. The van der Waals surface area contributed by atoms with Gasteiger partial charge in [-0.2, -0.15) is 0 Å². The Labute approximate surface area is 182 Å². The quantitative estimate of drug-likeness (QED) is 0.445. The number of aromatic hydroxyl groups is 1. The van der Waals surface area contributed by atoms with E-state index in [1.54, 1.807) is 47.2 Å². The molecule has 1 aliphatic rings. The van der Waals surface area contributed by atoms with Crippen molar-refractivity contribution >= 4 is 17.3 Å². The number of anilines is 1. The van der Waals surface area contributed by atoms with E-state index in [-0.39, 0.29) is 29.4 Å². The molecule has 0 radical (unpaired) electrons. The van der Waals surface area contributed by atoms with E-state index in [0.717, 1.165) is 23.1 Å². The minimum Gasteiger partial charge on any atom is -0.508 e. The predicted molar refractivity (Wildman–Crippen MR) is 122 cm³/mol. The van der Waals surface area contributed by atoms with Crippen LogP contribution < -0.4 is 4.90 Å². The maximum absolute atomic E-state index is 13.3. The summed E-state index contributed by atoms with van der Waals surface area (Å²) in [6.07, 6.45) is 5.37. The van der Waals surface area contributed by atoms with E-state index >= 15 is 0 Å². The second-order valence-corrected chi connectivity index (χ2v) is 7.77. The first kappa shape index (κ1) is 22.4. The lowest BCUT2D eigenvalue weighted by Crippen LogP contribution is -2.35. The lowest BCUT2D eigenvalue weighted by Gasteiger charge is -2.24. The lowest BCUT2D eigenvalue weighted by molar-refractivity contribution is 0.229. The van der Waals surface area contributed by atoms with Crippen LogP contribution in [0.2, 0.25) is 0 Å². The number of urea groups is 1. The number of carbonyl (C=O) groups excluding carboxylic acids is 1. The number of halogens is 1. The molecule has 0 saturated carbocycles. The number of phenols is 1. The molecule has 0 aromatic heterocycles. The van der Waals surface area contributed by atoms with Gasteiger partial charge in [0.05, 0.1) is 6.04 Å². The summed E-state index contributed by atoms with van der Waals surface area (Å²) >= 11 is 0. The number of benzene rings is 2. The van der Waals surface area contributed by atoms with E-state index in [9.17, 15) is 19.4 Å². The van der Waals surface area contributed by atoms with Crippen molar-refractivity contribution in [2.24, 2.45) is 0 Å². The Morgan fingerprint density at radius 2 is 1.90 bits per heavy atom. The number of nitrogens with zero attached hydrogens (tertiary/aromatic N) is 2. The maximum atomic E-state index is 13.3. The summed E-state index contributed by atoms with van der Waals surface area (Å²) in [4.78, 5) is 15.9. The molecule has 2 N–H and O–H groups in total. The second kappa shape index (κ2) is 9.69. The maximum Gasteiger partial charge on any atom is 0.324 e. The molecule has 6 heteroatoms. The van der Waals surface area contributed by atoms with Crippen LogP contribution in [-0.2, 0) is 6.42 Å². The fourth-order valence-corrected chi connectivity index (χ4v) is 3.92. The molecule has 1 atom stereocenters. The largest absolute Gasteiger partial charge is 0.508 e. The summed E-state index contributed by atoms with van der Waals surface area (Å²) in [7, 11) is 1.73. The number of rotatable bonds is 7. The number of carbonyl (C=O) groups is 1.